The Morgan fingerprint density at radius 3 is 2.48 bits per heavy atom. The summed E-state index contributed by atoms with van der Waals surface area (Å²) < 4.78 is 0. The number of carbonyl (C=O) groups excluding carboxylic acids is 2. The molecule has 1 saturated heterocycles. The number of rotatable bonds is 7. The molecule has 2 heterocycles. The standard InChI is InChI=1S/C27H34N4O2/c1-4-20-13-15-22(16-14-20)28-25-23-11-7-8-12-24(23)31(27(25)33)19-29-17-9-10-21(18-29)26(32)30(5-2)6-3/h7-8,11-16,21H,4-6,9-10,17-19H2,1-3H3/t21-/m1/s1. The number of likely N-dealkylation sites (tertiary alicyclic amines) is 1. The highest BCUT2D eigenvalue weighted by Gasteiger charge is 2.36. The van der Waals surface area contributed by atoms with Crippen molar-refractivity contribution < 1.29 is 9.59 Å². The Bertz CT molecular complexity index is 1030. The van der Waals surface area contributed by atoms with E-state index in [4.69, 9.17) is 4.99 Å². The van der Waals surface area contributed by atoms with Gasteiger partial charge in [-0.2, -0.15) is 0 Å². The molecule has 0 aromatic heterocycles. The number of hydrogen-bond acceptors (Lipinski definition) is 4. The van der Waals surface area contributed by atoms with Crippen LogP contribution in [0.2, 0.25) is 0 Å². The summed E-state index contributed by atoms with van der Waals surface area (Å²) in [6, 6.07) is 15.9. The van der Waals surface area contributed by atoms with Crippen molar-refractivity contribution in [1.29, 1.82) is 0 Å². The zero-order valence-corrected chi connectivity index (χ0v) is 20.0. The Morgan fingerprint density at radius 2 is 1.79 bits per heavy atom. The SMILES string of the molecule is CCc1ccc(N=C2C(=O)N(CN3CCC[C@@H](C(=O)N(CC)CC)C3)c3ccccc32)cc1. The number of carbonyl (C=O) groups is 2. The molecule has 0 unspecified atom stereocenters. The number of nitrogens with zero attached hydrogens (tertiary/aromatic N) is 4. The second kappa shape index (κ2) is 10.3. The van der Waals surface area contributed by atoms with Crippen LogP contribution in [0.1, 0.15) is 44.7 Å². The number of piperidine rings is 1. The third-order valence-electron chi connectivity index (χ3n) is 6.75. The van der Waals surface area contributed by atoms with Gasteiger partial charge >= 0.3 is 0 Å². The Kier molecular flexibility index (Phi) is 7.23. The summed E-state index contributed by atoms with van der Waals surface area (Å²) in [5.41, 5.74) is 4.29. The molecule has 0 bridgehead atoms. The number of para-hydroxylation sites is 1. The fraction of sp³-hybridized carbons (Fsp3) is 0.444. The molecule has 0 radical (unpaired) electrons. The zero-order chi connectivity index (χ0) is 23.4. The number of amides is 2. The Balaban J connectivity index is 1.54. The molecular weight excluding hydrogens is 412 g/mol. The molecule has 0 spiro atoms. The summed E-state index contributed by atoms with van der Waals surface area (Å²) in [5.74, 6) is 0.153. The van der Waals surface area contributed by atoms with Gasteiger partial charge in [-0.15, -0.1) is 0 Å². The van der Waals surface area contributed by atoms with E-state index in [1.165, 1.54) is 5.56 Å². The molecule has 4 rings (SSSR count). The highest BCUT2D eigenvalue weighted by Crippen LogP contribution is 2.32. The molecule has 174 valence electrons. The van der Waals surface area contributed by atoms with Crippen LogP contribution in [0.3, 0.4) is 0 Å². The summed E-state index contributed by atoms with van der Waals surface area (Å²) >= 11 is 0. The molecule has 0 saturated carbocycles. The van der Waals surface area contributed by atoms with E-state index in [0.717, 1.165) is 55.8 Å². The lowest BCUT2D eigenvalue weighted by Crippen LogP contribution is -2.49. The van der Waals surface area contributed by atoms with E-state index < -0.39 is 0 Å². The van der Waals surface area contributed by atoms with Gasteiger partial charge in [-0.05, 0) is 63.4 Å². The molecule has 2 aliphatic rings. The number of fused-ring (bicyclic) bond motifs is 1. The Morgan fingerprint density at radius 1 is 1.06 bits per heavy atom. The van der Waals surface area contributed by atoms with Gasteiger partial charge in [0.1, 0.15) is 5.71 Å². The molecule has 0 N–H and O–H groups in total. The van der Waals surface area contributed by atoms with E-state index in [1.807, 2.05) is 60.0 Å². The minimum atomic E-state index is -0.0760. The average Bonchev–Trinajstić information content (AvgIpc) is 3.11. The molecule has 1 atom stereocenters. The van der Waals surface area contributed by atoms with E-state index in [0.29, 0.717) is 18.9 Å². The molecule has 2 amide bonds. The largest absolute Gasteiger partial charge is 0.343 e. The van der Waals surface area contributed by atoms with Crippen LogP contribution in [0.4, 0.5) is 11.4 Å². The second-order valence-electron chi connectivity index (χ2n) is 8.80. The predicted molar refractivity (Wildman–Crippen MR) is 133 cm³/mol. The predicted octanol–water partition coefficient (Wildman–Crippen LogP) is 4.25. The highest BCUT2D eigenvalue weighted by molar-refractivity contribution is 6.54. The van der Waals surface area contributed by atoms with Crippen molar-refractivity contribution in [2.75, 3.05) is 37.7 Å². The van der Waals surface area contributed by atoms with E-state index in [9.17, 15) is 9.59 Å². The van der Waals surface area contributed by atoms with Gasteiger partial charge in [-0.25, -0.2) is 4.99 Å². The number of aryl methyl sites for hydroxylation is 1. The topological polar surface area (TPSA) is 56.2 Å². The van der Waals surface area contributed by atoms with E-state index in [1.54, 1.807) is 0 Å². The lowest BCUT2D eigenvalue weighted by molar-refractivity contribution is -0.136. The molecule has 2 aromatic carbocycles. The van der Waals surface area contributed by atoms with Gasteiger partial charge in [-0.3, -0.25) is 19.4 Å². The number of anilines is 1. The molecule has 6 heteroatoms. The first-order chi connectivity index (χ1) is 16.0. The monoisotopic (exact) mass is 446 g/mol. The first kappa shape index (κ1) is 23.2. The van der Waals surface area contributed by atoms with Crippen molar-refractivity contribution in [3.8, 4) is 0 Å². The Labute approximate surface area is 196 Å². The van der Waals surface area contributed by atoms with Crippen LogP contribution in [0, 0.1) is 5.92 Å². The van der Waals surface area contributed by atoms with Crippen LogP contribution in [0.5, 0.6) is 0 Å². The average molecular weight is 447 g/mol. The van der Waals surface area contributed by atoms with Gasteiger partial charge < -0.3 is 4.90 Å². The molecule has 33 heavy (non-hydrogen) atoms. The van der Waals surface area contributed by atoms with Gasteiger partial charge in [0.2, 0.25) is 5.91 Å². The molecule has 1 fully saturated rings. The smallest absolute Gasteiger partial charge is 0.278 e. The van der Waals surface area contributed by atoms with Crippen LogP contribution in [0.15, 0.2) is 53.5 Å². The molecular formula is C27H34N4O2. The number of aliphatic imine (C=N–C) groups is 1. The quantitative estimate of drug-likeness (QED) is 0.639. The van der Waals surface area contributed by atoms with E-state index in [-0.39, 0.29) is 17.7 Å². The molecule has 0 aliphatic carbocycles. The van der Waals surface area contributed by atoms with Crippen molar-refractivity contribution in [2.24, 2.45) is 10.9 Å². The van der Waals surface area contributed by atoms with Gasteiger partial charge in [0, 0.05) is 25.2 Å². The summed E-state index contributed by atoms with van der Waals surface area (Å²) in [7, 11) is 0. The Hall–Kier alpha value is -2.99. The summed E-state index contributed by atoms with van der Waals surface area (Å²) in [4.78, 5) is 37.1. The molecule has 6 nitrogen and oxygen atoms in total. The lowest BCUT2D eigenvalue weighted by Gasteiger charge is -2.36. The summed E-state index contributed by atoms with van der Waals surface area (Å²) in [6.07, 6.45) is 2.85. The minimum Gasteiger partial charge on any atom is -0.343 e. The second-order valence-corrected chi connectivity index (χ2v) is 8.80. The summed E-state index contributed by atoms with van der Waals surface area (Å²) in [6.45, 7) is 9.70. The van der Waals surface area contributed by atoms with Crippen molar-refractivity contribution in [1.82, 2.24) is 9.80 Å². The van der Waals surface area contributed by atoms with Gasteiger partial charge in [0.25, 0.3) is 5.91 Å². The van der Waals surface area contributed by atoms with Crippen molar-refractivity contribution in [2.45, 2.75) is 40.0 Å². The number of hydrogen-bond donors (Lipinski definition) is 0. The van der Waals surface area contributed by atoms with Crippen molar-refractivity contribution in [3.05, 3.63) is 59.7 Å². The summed E-state index contributed by atoms with van der Waals surface area (Å²) in [5, 5.41) is 0. The van der Waals surface area contributed by atoms with Crippen LogP contribution >= 0.6 is 0 Å². The third kappa shape index (κ3) is 4.86. The highest BCUT2D eigenvalue weighted by atomic mass is 16.2. The number of benzene rings is 2. The maximum Gasteiger partial charge on any atom is 0.278 e. The van der Waals surface area contributed by atoms with Gasteiger partial charge in [-0.1, -0.05) is 37.3 Å². The minimum absolute atomic E-state index is 0.00295. The molecule has 2 aromatic rings. The first-order valence-corrected chi connectivity index (χ1v) is 12.2. The fourth-order valence-corrected chi connectivity index (χ4v) is 4.82. The fourth-order valence-electron chi connectivity index (χ4n) is 4.82. The van der Waals surface area contributed by atoms with E-state index >= 15 is 0 Å². The zero-order valence-electron chi connectivity index (χ0n) is 20.0. The normalized spacial score (nSPS) is 19.7. The van der Waals surface area contributed by atoms with Crippen LogP contribution in [0.25, 0.3) is 0 Å². The lowest BCUT2D eigenvalue weighted by atomic mass is 9.96. The van der Waals surface area contributed by atoms with Crippen molar-refractivity contribution >= 4 is 28.9 Å². The molecule has 2 aliphatic heterocycles. The van der Waals surface area contributed by atoms with Crippen LogP contribution < -0.4 is 4.90 Å². The maximum atomic E-state index is 13.5. The third-order valence-corrected chi connectivity index (χ3v) is 6.75. The van der Waals surface area contributed by atoms with Crippen LogP contribution in [-0.2, 0) is 16.0 Å². The first-order valence-electron chi connectivity index (χ1n) is 12.2. The maximum absolute atomic E-state index is 13.5. The van der Waals surface area contributed by atoms with Crippen molar-refractivity contribution in [3.63, 3.8) is 0 Å². The van der Waals surface area contributed by atoms with Gasteiger partial charge in [0.05, 0.1) is 24.0 Å². The van der Waals surface area contributed by atoms with Crippen LogP contribution in [-0.4, -0.2) is 60.2 Å². The van der Waals surface area contributed by atoms with E-state index in [2.05, 4.69) is 24.0 Å². The van der Waals surface area contributed by atoms with Gasteiger partial charge in [0.15, 0.2) is 0 Å².